The molecule has 5 heteroatoms. The van der Waals surface area contributed by atoms with E-state index in [1.165, 1.54) is 0 Å². The van der Waals surface area contributed by atoms with Crippen LogP contribution < -0.4 is 4.74 Å². The van der Waals surface area contributed by atoms with E-state index < -0.39 is 6.10 Å². The normalized spacial score (nSPS) is 12.4. The molecule has 2 rings (SSSR count). The first-order valence-corrected chi connectivity index (χ1v) is 6.56. The molecule has 102 valence electrons. The Bertz CT molecular complexity index is 537. The highest BCUT2D eigenvalue weighted by Crippen LogP contribution is 2.20. The Morgan fingerprint density at radius 3 is 2.58 bits per heavy atom. The number of rotatable bonds is 5. The van der Waals surface area contributed by atoms with E-state index in [1.54, 1.807) is 10.8 Å². The number of ether oxygens (including phenoxy) is 1. The van der Waals surface area contributed by atoms with E-state index in [4.69, 9.17) is 16.3 Å². The van der Waals surface area contributed by atoms with Gasteiger partial charge in [-0.2, -0.15) is 0 Å². The fourth-order valence-corrected chi connectivity index (χ4v) is 1.87. The van der Waals surface area contributed by atoms with Crippen LogP contribution in [0.15, 0.2) is 30.5 Å². The maximum absolute atomic E-state index is 9.70. The van der Waals surface area contributed by atoms with Gasteiger partial charge < -0.3 is 14.4 Å². The summed E-state index contributed by atoms with van der Waals surface area (Å²) in [6, 6.07) is 7.43. The van der Waals surface area contributed by atoms with Crippen molar-refractivity contribution in [2.45, 2.75) is 26.1 Å². The summed E-state index contributed by atoms with van der Waals surface area (Å²) in [7, 11) is 1.84. The molecule has 0 amide bonds. The van der Waals surface area contributed by atoms with E-state index in [2.05, 4.69) is 4.98 Å². The lowest BCUT2D eigenvalue weighted by Crippen LogP contribution is -2.03. The minimum absolute atomic E-state index is 0.360. The predicted molar refractivity (Wildman–Crippen MR) is 74.2 cm³/mol. The number of halogens is 1. The van der Waals surface area contributed by atoms with Crippen LogP contribution in [0.1, 0.15) is 30.8 Å². The molecule has 4 nitrogen and oxygen atoms in total. The first-order chi connectivity index (χ1) is 9.11. The molecule has 1 unspecified atom stereocenters. The third kappa shape index (κ3) is 3.28. The van der Waals surface area contributed by atoms with Gasteiger partial charge in [-0.15, -0.1) is 0 Å². The van der Waals surface area contributed by atoms with Gasteiger partial charge in [0.1, 0.15) is 23.3 Å². The molecule has 0 aliphatic heterocycles. The fraction of sp³-hybridized carbons (Fsp3) is 0.357. The zero-order valence-corrected chi connectivity index (χ0v) is 11.8. The second kappa shape index (κ2) is 6.08. The van der Waals surface area contributed by atoms with Crippen LogP contribution in [0.3, 0.4) is 0 Å². The van der Waals surface area contributed by atoms with E-state index in [0.29, 0.717) is 18.2 Å². The Kier molecular flexibility index (Phi) is 4.45. The zero-order chi connectivity index (χ0) is 13.8. The lowest BCUT2D eigenvalue weighted by Gasteiger charge is -2.10. The average molecular weight is 281 g/mol. The number of hydrogen-bond donors (Lipinski definition) is 1. The van der Waals surface area contributed by atoms with E-state index >= 15 is 0 Å². The highest BCUT2D eigenvalue weighted by Gasteiger charge is 2.07. The Morgan fingerprint density at radius 2 is 2.05 bits per heavy atom. The smallest absolute Gasteiger partial charge is 0.147 e. The van der Waals surface area contributed by atoms with Crippen LogP contribution in [0, 0.1) is 0 Å². The Morgan fingerprint density at radius 1 is 1.37 bits per heavy atom. The van der Waals surface area contributed by atoms with Crippen molar-refractivity contribution in [1.29, 1.82) is 0 Å². The number of imidazole rings is 1. The van der Waals surface area contributed by atoms with Crippen molar-refractivity contribution >= 4 is 11.6 Å². The Balaban J connectivity index is 1.98. The van der Waals surface area contributed by atoms with Gasteiger partial charge in [0.2, 0.25) is 0 Å². The molecule has 1 atom stereocenters. The number of aliphatic hydroxyl groups is 1. The van der Waals surface area contributed by atoms with Gasteiger partial charge in [-0.3, -0.25) is 0 Å². The van der Waals surface area contributed by atoms with Gasteiger partial charge >= 0.3 is 0 Å². The van der Waals surface area contributed by atoms with Crippen LogP contribution >= 0.6 is 11.6 Å². The SMILES string of the molecule is CCC(O)c1ccc(OCc2ncc(Cl)n2C)cc1. The molecule has 0 bridgehead atoms. The third-order valence-corrected chi connectivity index (χ3v) is 3.40. The van der Waals surface area contributed by atoms with Crippen LogP contribution in [0.5, 0.6) is 5.75 Å². The Hall–Kier alpha value is -1.52. The van der Waals surface area contributed by atoms with Crippen molar-refractivity contribution in [3.63, 3.8) is 0 Å². The number of aromatic nitrogens is 2. The predicted octanol–water partition coefficient (Wildman–Crippen LogP) is 3.10. The molecular weight excluding hydrogens is 264 g/mol. The van der Waals surface area contributed by atoms with Crippen LogP contribution in [0.4, 0.5) is 0 Å². The van der Waals surface area contributed by atoms with E-state index in [-0.39, 0.29) is 0 Å². The first kappa shape index (κ1) is 13.9. The summed E-state index contributed by atoms with van der Waals surface area (Å²) in [5.41, 5.74) is 0.898. The van der Waals surface area contributed by atoms with Crippen molar-refractivity contribution in [1.82, 2.24) is 9.55 Å². The third-order valence-electron chi connectivity index (χ3n) is 3.05. The van der Waals surface area contributed by atoms with Gasteiger partial charge in [-0.05, 0) is 24.1 Å². The van der Waals surface area contributed by atoms with Gasteiger partial charge in [-0.1, -0.05) is 30.7 Å². The summed E-state index contributed by atoms with van der Waals surface area (Å²) in [6.07, 6.45) is 1.88. The van der Waals surface area contributed by atoms with Crippen molar-refractivity contribution in [3.05, 3.63) is 47.0 Å². The average Bonchev–Trinajstić information content (AvgIpc) is 2.76. The molecule has 0 saturated carbocycles. The second-order valence-electron chi connectivity index (χ2n) is 4.34. The fourth-order valence-electron chi connectivity index (χ4n) is 1.73. The van der Waals surface area contributed by atoms with Gasteiger partial charge in [0.15, 0.2) is 0 Å². The number of benzene rings is 1. The van der Waals surface area contributed by atoms with Crippen molar-refractivity contribution in [3.8, 4) is 5.75 Å². The molecule has 0 aliphatic rings. The van der Waals surface area contributed by atoms with Gasteiger partial charge in [0, 0.05) is 7.05 Å². The molecule has 0 aliphatic carbocycles. The van der Waals surface area contributed by atoms with E-state index in [1.807, 2.05) is 38.2 Å². The molecule has 1 N–H and O–H groups in total. The maximum atomic E-state index is 9.70. The van der Waals surface area contributed by atoms with Gasteiger partial charge in [0.25, 0.3) is 0 Å². The summed E-state index contributed by atoms with van der Waals surface area (Å²) in [5.74, 6) is 1.51. The molecule has 0 fully saturated rings. The molecule has 0 saturated heterocycles. The standard InChI is InChI=1S/C14H17ClN2O2/c1-3-12(18)10-4-6-11(7-5-10)19-9-14-16-8-13(15)17(14)2/h4-8,12,18H,3,9H2,1-2H3. The zero-order valence-electron chi connectivity index (χ0n) is 11.0. The number of hydrogen-bond acceptors (Lipinski definition) is 3. The summed E-state index contributed by atoms with van der Waals surface area (Å²) >= 11 is 5.90. The lowest BCUT2D eigenvalue weighted by molar-refractivity contribution is 0.173. The highest BCUT2D eigenvalue weighted by atomic mass is 35.5. The molecule has 0 radical (unpaired) electrons. The first-order valence-electron chi connectivity index (χ1n) is 6.18. The maximum Gasteiger partial charge on any atom is 0.147 e. The summed E-state index contributed by atoms with van der Waals surface area (Å²) in [5, 5.41) is 10.3. The molecule has 1 aromatic heterocycles. The van der Waals surface area contributed by atoms with Crippen LogP contribution in [-0.2, 0) is 13.7 Å². The summed E-state index contributed by atoms with van der Waals surface area (Å²) in [4.78, 5) is 4.16. The quantitative estimate of drug-likeness (QED) is 0.915. The largest absolute Gasteiger partial charge is 0.486 e. The molecule has 1 heterocycles. The van der Waals surface area contributed by atoms with E-state index in [0.717, 1.165) is 17.1 Å². The van der Waals surface area contributed by atoms with Gasteiger partial charge in [-0.25, -0.2) is 4.98 Å². The van der Waals surface area contributed by atoms with Crippen molar-refractivity contribution < 1.29 is 9.84 Å². The Labute approximate surface area is 117 Å². The molecule has 2 aromatic rings. The molecule has 19 heavy (non-hydrogen) atoms. The van der Waals surface area contributed by atoms with Crippen molar-refractivity contribution in [2.24, 2.45) is 7.05 Å². The number of aliphatic hydroxyl groups excluding tert-OH is 1. The minimum atomic E-state index is -0.414. The summed E-state index contributed by atoms with van der Waals surface area (Å²) < 4.78 is 7.41. The molecule has 1 aromatic carbocycles. The second-order valence-corrected chi connectivity index (χ2v) is 4.73. The van der Waals surface area contributed by atoms with Gasteiger partial charge in [0.05, 0.1) is 12.3 Å². The van der Waals surface area contributed by atoms with Crippen LogP contribution in [-0.4, -0.2) is 14.7 Å². The monoisotopic (exact) mass is 280 g/mol. The molecule has 0 spiro atoms. The molecular formula is C14H17ClN2O2. The summed E-state index contributed by atoms with van der Waals surface area (Å²) in [6.45, 7) is 2.30. The number of nitrogens with zero attached hydrogens (tertiary/aromatic N) is 2. The van der Waals surface area contributed by atoms with Crippen molar-refractivity contribution in [2.75, 3.05) is 0 Å². The van der Waals surface area contributed by atoms with Crippen LogP contribution in [0.25, 0.3) is 0 Å². The van der Waals surface area contributed by atoms with E-state index in [9.17, 15) is 5.11 Å². The highest BCUT2D eigenvalue weighted by molar-refractivity contribution is 6.29. The minimum Gasteiger partial charge on any atom is -0.486 e. The lowest BCUT2D eigenvalue weighted by atomic mass is 10.1. The topological polar surface area (TPSA) is 47.3 Å². The van der Waals surface area contributed by atoms with Crippen LogP contribution in [0.2, 0.25) is 5.15 Å².